The lowest BCUT2D eigenvalue weighted by atomic mass is 9.69. The van der Waals surface area contributed by atoms with E-state index in [1.165, 1.54) is 4.31 Å². The van der Waals surface area contributed by atoms with Crippen LogP contribution in [0.25, 0.3) is 0 Å². The predicted molar refractivity (Wildman–Crippen MR) is 84.9 cm³/mol. The van der Waals surface area contributed by atoms with Crippen LogP contribution in [-0.4, -0.2) is 62.1 Å². The van der Waals surface area contributed by atoms with Gasteiger partial charge in [0.05, 0.1) is 11.5 Å². The first-order valence-corrected chi connectivity index (χ1v) is 9.50. The standard InChI is InChI=1S/C16H22F2N2O3S/c1-19-7-2-5-16(11-21)6-8-20(10-15(16)19)24(22,23)12-3-4-13(17)14(18)9-12/h3-4,9,15,21H,2,5-8,10-11H2,1H3/t15-,16-/m1/s1. The van der Waals surface area contributed by atoms with E-state index in [4.69, 9.17) is 0 Å². The molecule has 5 nitrogen and oxygen atoms in total. The molecule has 2 fully saturated rings. The van der Waals surface area contributed by atoms with Gasteiger partial charge in [-0.15, -0.1) is 0 Å². The van der Waals surface area contributed by atoms with Crippen molar-refractivity contribution >= 4 is 10.0 Å². The molecule has 0 aromatic heterocycles. The van der Waals surface area contributed by atoms with Crippen LogP contribution < -0.4 is 0 Å². The van der Waals surface area contributed by atoms with Gasteiger partial charge in [0.15, 0.2) is 11.6 Å². The molecule has 8 heteroatoms. The molecule has 0 spiro atoms. The Hall–Kier alpha value is -1.09. The normalized spacial score (nSPS) is 29.4. The van der Waals surface area contributed by atoms with Gasteiger partial charge in [0.1, 0.15) is 0 Å². The van der Waals surface area contributed by atoms with Crippen molar-refractivity contribution in [1.29, 1.82) is 0 Å². The minimum Gasteiger partial charge on any atom is -0.396 e. The third-order valence-electron chi connectivity index (χ3n) is 5.50. The zero-order chi connectivity index (χ0) is 17.5. The number of aliphatic hydroxyl groups excluding tert-OH is 1. The van der Waals surface area contributed by atoms with Crippen LogP contribution in [0.1, 0.15) is 19.3 Å². The number of sulfonamides is 1. The number of likely N-dealkylation sites (tertiary alicyclic amines) is 1. The van der Waals surface area contributed by atoms with Crippen molar-refractivity contribution in [2.24, 2.45) is 5.41 Å². The van der Waals surface area contributed by atoms with Gasteiger partial charge in [-0.25, -0.2) is 17.2 Å². The number of rotatable bonds is 3. The number of hydrogen-bond donors (Lipinski definition) is 1. The number of benzene rings is 1. The monoisotopic (exact) mass is 360 g/mol. The van der Waals surface area contributed by atoms with Crippen LogP contribution in [0, 0.1) is 17.0 Å². The van der Waals surface area contributed by atoms with Gasteiger partial charge in [-0.05, 0) is 51.1 Å². The summed E-state index contributed by atoms with van der Waals surface area (Å²) >= 11 is 0. The van der Waals surface area contributed by atoms with Crippen LogP contribution in [0.2, 0.25) is 0 Å². The second-order valence-electron chi connectivity index (χ2n) is 6.81. The SMILES string of the molecule is CN1CCC[C@]2(CO)CCN(S(=O)(=O)c3ccc(F)c(F)c3)C[C@@H]12. The van der Waals surface area contributed by atoms with Crippen molar-refractivity contribution in [2.75, 3.05) is 33.3 Å². The average Bonchev–Trinajstić information content (AvgIpc) is 2.57. The molecule has 1 N–H and O–H groups in total. The van der Waals surface area contributed by atoms with Crippen molar-refractivity contribution in [3.8, 4) is 0 Å². The Morgan fingerprint density at radius 1 is 1.25 bits per heavy atom. The van der Waals surface area contributed by atoms with E-state index in [2.05, 4.69) is 4.90 Å². The number of piperidine rings is 2. The quantitative estimate of drug-likeness (QED) is 0.886. The van der Waals surface area contributed by atoms with E-state index in [1.54, 1.807) is 0 Å². The average molecular weight is 360 g/mol. The molecule has 0 bridgehead atoms. The predicted octanol–water partition coefficient (Wildman–Crippen LogP) is 1.43. The molecule has 2 saturated heterocycles. The summed E-state index contributed by atoms with van der Waals surface area (Å²) in [7, 11) is -1.96. The van der Waals surface area contributed by atoms with Crippen LogP contribution in [-0.2, 0) is 10.0 Å². The first-order valence-electron chi connectivity index (χ1n) is 8.06. The molecule has 0 unspecified atom stereocenters. The third kappa shape index (κ3) is 2.85. The highest BCUT2D eigenvalue weighted by molar-refractivity contribution is 7.89. The number of aliphatic hydroxyl groups is 1. The van der Waals surface area contributed by atoms with Gasteiger partial charge in [-0.2, -0.15) is 4.31 Å². The van der Waals surface area contributed by atoms with E-state index in [-0.39, 0.29) is 36.0 Å². The third-order valence-corrected chi connectivity index (χ3v) is 7.36. The van der Waals surface area contributed by atoms with Crippen LogP contribution in [0.5, 0.6) is 0 Å². The Morgan fingerprint density at radius 2 is 2.00 bits per heavy atom. The summed E-state index contributed by atoms with van der Waals surface area (Å²) in [4.78, 5) is 1.85. The van der Waals surface area contributed by atoms with Crippen LogP contribution in [0.3, 0.4) is 0 Å². The van der Waals surface area contributed by atoms with Crippen LogP contribution >= 0.6 is 0 Å². The molecule has 1 aromatic carbocycles. The molecular formula is C16H22F2N2O3S. The minimum absolute atomic E-state index is 0.0288. The highest BCUT2D eigenvalue weighted by Crippen LogP contribution is 2.42. The Labute approximate surface area is 140 Å². The molecule has 134 valence electrons. The van der Waals surface area contributed by atoms with Gasteiger partial charge in [-0.1, -0.05) is 0 Å². The largest absolute Gasteiger partial charge is 0.396 e. The summed E-state index contributed by atoms with van der Waals surface area (Å²) in [6.07, 6.45) is 2.41. The molecule has 1 aromatic rings. The zero-order valence-corrected chi connectivity index (χ0v) is 14.4. The van der Waals surface area contributed by atoms with Crippen molar-refractivity contribution in [2.45, 2.75) is 30.2 Å². The molecule has 0 radical (unpaired) electrons. The first kappa shape index (κ1) is 17.7. The lowest BCUT2D eigenvalue weighted by Crippen LogP contribution is -2.62. The van der Waals surface area contributed by atoms with Crippen molar-refractivity contribution in [3.63, 3.8) is 0 Å². The molecule has 2 aliphatic rings. The fourth-order valence-electron chi connectivity index (χ4n) is 3.99. The minimum atomic E-state index is -3.89. The molecule has 3 rings (SSSR count). The molecule has 2 aliphatic heterocycles. The number of nitrogens with zero attached hydrogens (tertiary/aromatic N) is 2. The van der Waals surface area contributed by atoms with Crippen molar-refractivity contribution in [3.05, 3.63) is 29.8 Å². The van der Waals surface area contributed by atoms with E-state index >= 15 is 0 Å². The van der Waals surface area contributed by atoms with Gasteiger partial charge in [0.2, 0.25) is 10.0 Å². The van der Waals surface area contributed by atoms with Gasteiger partial charge in [0, 0.05) is 24.5 Å². The summed E-state index contributed by atoms with van der Waals surface area (Å²) < 4.78 is 53.4. The number of hydrogen-bond acceptors (Lipinski definition) is 4. The van der Waals surface area contributed by atoms with Gasteiger partial charge >= 0.3 is 0 Å². The Balaban J connectivity index is 1.89. The van der Waals surface area contributed by atoms with Gasteiger partial charge in [0.25, 0.3) is 0 Å². The molecule has 0 amide bonds. The van der Waals surface area contributed by atoms with Crippen LogP contribution in [0.4, 0.5) is 8.78 Å². The zero-order valence-electron chi connectivity index (χ0n) is 13.6. The molecule has 0 saturated carbocycles. The lowest BCUT2D eigenvalue weighted by Gasteiger charge is -2.53. The maximum Gasteiger partial charge on any atom is 0.243 e. The van der Waals surface area contributed by atoms with Crippen molar-refractivity contribution in [1.82, 2.24) is 9.21 Å². The summed E-state index contributed by atoms with van der Waals surface area (Å²) in [6.45, 7) is 1.40. The maximum atomic E-state index is 13.4. The second kappa shape index (κ2) is 6.33. The van der Waals surface area contributed by atoms with Crippen LogP contribution in [0.15, 0.2) is 23.1 Å². The van der Waals surface area contributed by atoms with E-state index in [0.29, 0.717) is 6.42 Å². The highest BCUT2D eigenvalue weighted by atomic mass is 32.2. The molecule has 2 heterocycles. The topological polar surface area (TPSA) is 60.9 Å². The second-order valence-corrected chi connectivity index (χ2v) is 8.75. The fourth-order valence-corrected chi connectivity index (χ4v) is 5.45. The fraction of sp³-hybridized carbons (Fsp3) is 0.625. The highest BCUT2D eigenvalue weighted by Gasteiger charge is 2.48. The van der Waals surface area contributed by atoms with Gasteiger partial charge < -0.3 is 10.0 Å². The van der Waals surface area contributed by atoms with E-state index < -0.39 is 21.7 Å². The molecule has 2 atom stereocenters. The number of fused-ring (bicyclic) bond motifs is 1. The van der Waals surface area contributed by atoms with Crippen molar-refractivity contribution < 1.29 is 22.3 Å². The molecule has 24 heavy (non-hydrogen) atoms. The Bertz CT molecular complexity index is 728. The number of halogens is 2. The van der Waals surface area contributed by atoms with E-state index in [9.17, 15) is 22.3 Å². The van der Waals surface area contributed by atoms with E-state index in [0.717, 1.165) is 37.6 Å². The summed E-state index contributed by atoms with van der Waals surface area (Å²) in [5.41, 5.74) is -0.285. The Morgan fingerprint density at radius 3 is 2.67 bits per heavy atom. The lowest BCUT2D eigenvalue weighted by molar-refractivity contribution is -0.0508. The first-order chi connectivity index (χ1) is 11.3. The summed E-state index contributed by atoms with van der Waals surface area (Å²) in [5.74, 6) is -2.24. The summed E-state index contributed by atoms with van der Waals surface area (Å²) in [6, 6.07) is 2.57. The molecular weight excluding hydrogens is 338 g/mol. The Kier molecular flexibility index (Phi) is 4.67. The smallest absolute Gasteiger partial charge is 0.243 e. The maximum absolute atomic E-state index is 13.4. The summed E-state index contributed by atoms with van der Waals surface area (Å²) in [5, 5.41) is 9.88. The van der Waals surface area contributed by atoms with Gasteiger partial charge in [-0.3, -0.25) is 0 Å². The number of likely N-dealkylation sites (N-methyl/N-ethyl adjacent to an activating group) is 1. The molecule has 0 aliphatic carbocycles. The van der Waals surface area contributed by atoms with E-state index in [1.807, 2.05) is 7.05 Å².